The van der Waals surface area contributed by atoms with E-state index in [1.165, 1.54) is 51.6 Å². The molecule has 1 saturated heterocycles. The first-order chi connectivity index (χ1) is 6.81. The highest BCUT2D eigenvalue weighted by Crippen LogP contribution is 2.28. The zero-order valence-electron chi connectivity index (χ0n) is 9.41. The molecule has 1 saturated carbocycles. The maximum atomic E-state index is 6.14. The summed E-state index contributed by atoms with van der Waals surface area (Å²) in [6, 6.07) is 1.18. The highest BCUT2D eigenvalue weighted by atomic mass is 15.2. The highest BCUT2D eigenvalue weighted by Gasteiger charge is 2.31. The Hall–Kier alpha value is -0.0800. The first-order valence-corrected chi connectivity index (χ1v) is 6.31. The third-order valence-electron chi connectivity index (χ3n) is 4.23. The van der Waals surface area contributed by atoms with Gasteiger partial charge in [0.1, 0.15) is 0 Å². The van der Waals surface area contributed by atoms with Crippen LogP contribution in [0.4, 0.5) is 0 Å². The fourth-order valence-electron chi connectivity index (χ4n) is 3.12. The molecule has 0 aromatic carbocycles. The van der Waals surface area contributed by atoms with Gasteiger partial charge in [-0.25, -0.2) is 0 Å². The van der Waals surface area contributed by atoms with E-state index >= 15 is 0 Å². The van der Waals surface area contributed by atoms with Gasteiger partial charge in [0.25, 0.3) is 0 Å². The van der Waals surface area contributed by atoms with Gasteiger partial charge < -0.3 is 5.73 Å². The second-order valence-electron chi connectivity index (χ2n) is 5.05. The zero-order valence-corrected chi connectivity index (χ0v) is 9.41. The Morgan fingerprint density at radius 2 is 1.86 bits per heavy atom. The lowest BCUT2D eigenvalue weighted by atomic mass is 9.93. The second-order valence-corrected chi connectivity index (χ2v) is 5.05. The molecule has 2 nitrogen and oxygen atoms in total. The average molecular weight is 196 g/mol. The molecule has 0 spiro atoms. The van der Waals surface area contributed by atoms with Gasteiger partial charge in [0.05, 0.1) is 0 Å². The Morgan fingerprint density at radius 3 is 2.36 bits per heavy atom. The van der Waals surface area contributed by atoms with E-state index in [-0.39, 0.29) is 0 Å². The largest absolute Gasteiger partial charge is 0.326 e. The summed E-state index contributed by atoms with van der Waals surface area (Å²) in [5.74, 6) is 0.990. The molecular weight excluding hydrogens is 172 g/mol. The summed E-state index contributed by atoms with van der Waals surface area (Å²) in [5, 5.41) is 0. The van der Waals surface area contributed by atoms with Crippen molar-refractivity contribution in [1.82, 2.24) is 4.90 Å². The minimum absolute atomic E-state index is 0.466. The monoisotopic (exact) mass is 196 g/mol. The smallest absolute Gasteiger partial charge is 0.0247 e. The van der Waals surface area contributed by atoms with E-state index in [0.29, 0.717) is 12.1 Å². The van der Waals surface area contributed by atoms with E-state index in [4.69, 9.17) is 5.73 Å². The van der Waals surface area contributed by atoms with Crippen LogP contribution in [0.25, 0.3) is 0 Å². The van der Waals surface area contributed by atoms with Crippen molar-refractivity contribution in [3.05, 3.63) is 0 Å². The molecule has 0 radical (unpaired) electrons. The maximum absolute atomic E-state index is 6.14. The Morgan fingerprint density at radius 1 is 1.14 bits per heavy atom. The zero-order chi connectivity index (χ0) is 9.97. The molecule has 82 valence electrons. The summed E-state index contributed by atoms with van der Waals surface area (Å²) in [6.07, 6.45) is 8.11. The number of likely N-dealkylation sites (tertiary alicyclic amines) is 1. The summed E-state index contributed by atoms with van der Waals surface area (Å²) in [6.45, 7) is 4.93. The van der Waals surface area contributed by atoms with Crippen molar-refractivity contribution in [3.8, 4) is 0 Å². The summed E-state index contributed by atoms with van der Waals surface area (Å²) < 4.78 is 0. The van der Waals surface area contributed by atoms with Gasteiger partial charge in [-0.05, 0) is 44.7 Å². The van der Waals surface area contributed by atoms with E-state index in [0.717, 1.165) is 5.92 Å². The van der Waals surface area contributed by atoms with E-state index in [1.807, 2.05) is 0 Å². The van der Waals surface area contributed by atoms with Gasteiger partial charge in [0.15, 0.2) is 0 Å². The number of hydrogen-bond acceptors (Lipinski definition) is 2. The van der Waals surface area contributed by atoms with Crippen LogP contribution >= 0.6 is 0 Å². The topological polar surface area (TPSA) is 29.3 Å². The SMILES string of the molecule is CCC1CCN(C2CCCC2N)CC1. The van der Waals surface area contributed by atoms with Crippen molar-refractivity contribution in [1.29, 1.82) is 0 Å². The Bertz CT molecular complexity index is 173. The first kappa shape index (κ1) is 10.4. The van der Waals surface area contributed by atoms with E-state index < -0.39 is 0 Å². The minimum atomic E-state index is 0.466. The normalized spacial score (nSPS) is 36.4. The van der Waals surface area contributed by atoms with E-state index in [1.54, 1.807) is 0 Å². The third kappa shape index (κ3) is 2.12. The van der Waals surface area contributed by atoms with Crippen LogP contribution < -0.4 is 5.73 Å². The predicted octanol–water partition coefficient (Wildman–Crippen LogP) is 1.99. The number of nitrogens with two attached hydrogens (primary N) is 1. The van der Waals surface area contributed by atoms with Crippen LogP contribution in [-0.2, 0) is 0 Å². The van der Waals surface area contributed by atoms with Gasteiger partial charge in [-0.3, -0.25) is 4.90 Å². The van der Waals surface area contributed by atoms with Crippen molar-refractivity contribution in [2.45, 2.75) is 57.5 Å². The van der Waals surface area contributed by atoms with Crippen molar-refractivity contribution >= 4 is 0 Å². The van der Waals surface area contributed by atoms with Gasteiger partial charge in [-0.1, -0.05) is 19.8 Å². The number of piperidine rings is 1. The Labute approximate surface area is 87.8 Å². The Balaban J connectivity index is 1.82. The maximum Gasteiger partial charge on any atom is 0.0247 e. The van der Waals surface area contributed by atoms with Crippen LogP contribution in [-0.4, -0.2) is 30.1 Å². The number of nitrogens with zero attached hydrogens (tertiary/aromatic N) is 1. The number of rotatable bonds is 2. The van der Waals surface area contributed by atoms with Crippen LogP contribution in [0.1, 0.15) is 45.4 Å². The van der Waals surface area contributed by atoms with Crippen LogP contribution in [0.2, 0.25) is 0 Å². The van der Waals surface area contributed by atoms with Gasteiger partial charge in [-0.2, -0.15) is 0 Å². The fraction of sp³-hybridized carbons (Fsp3) is 1.00. The molecule has 2 unspecified atom stereocenters. The van der Waals surface area contributed by atoms with Crippen molar-refractivity contribution in [2.24, 2.45) is 11.7 Å². The molecule has 2 fully saturated rings. The van der Waals surface area contributed by atoms with Crippen LogP contribution in [0.3, 0.4) is 0 Å². The molecule has 0 amide bonds. The quantitative estimate of drug-likeness (QED) is 0.732. The average Bonchev–Trinajstić information content (AvgIpc) is 2.65. The molecule has 2 heteroatoms. The van der Waals surface area contributed by atoms with Crippen molar-refractivity contribution < 1.29 is 0 Å². The molecule has 0 aromatic heterocycles. The van der Waals surface area contributed by atoms with Crippen LogP contribution in [0.15, 0.2) is 0 Å². The fourth-order valence-corrected chi connectivity index (χ4v) is 3.12. The lowest BCUT2D eigenvalue weighted by Gasteiger charge is -2.37. The highest BCUT2D eigenvalue weighted by molar-refractivity contribution is 4.89. The van der Waals surface area contributed by atoms with E-state index in [9.17, 15) is 0 Å². The predicted molar refractivity (Wildman–Crippen MR) is 60.2 cm³/mol. The van der Waals surface area contributed by atoms with Crippen molar-refractivity contribution in [3.63, 3.8) is 0 Å². The van der Waals surface area contributed by atoms with E-state index in [2.05, 4.69) is 11.8 Å². The molecule has 1 aliphatic carbocycles. The van der Waals surface area contributed by atoms with Crippen molar-refractivity contribution in [2.75, 3.05) is 13.1 Å². The lowest BCUT2D eigenvalue weighted by Crippen LogP contribution is -2.47. The molecule has 2 aliphatic rings. The van der Waals surface area contributed by atoms with Gasteiger partial charge in [0.2, 0.25) is 0 Å². The molecule has 0 bridgehead atoms. The second kappa shape index (κ2) is 4.63. The summed E-state index contributed by atoms with van der Waals surface area (Å²) >= 11 is 0. The molecule has 1 heterocycles. The van der Waals surface area contributed by atoms with Crippen LogP contribution in [0, 0.1) is 5.92 Å². The van der Waals surface area contributed by atoms with Gasteiger partial charge in [0, 0.05) is 12.1 Å². The molecule has 2 N–H and O–H groups in total. The summed E-state index contributed by atoms with van der Waals surface area (Å²) in [4.78, 5) is 2.66. The molecule has 0 aromatic rings. The summed E-state index contributed by atoms with van der Waals surface area (Å²) in [5.41, 5.74) is 6.14. The minimum Gasteiger partial charge on any atom is -0.326 e. The molecular formula is C12H24N2. The third-order valence-corrected chi connectivity index (χ3v) is 4.23. The molecule has 14 heavy (non-hydrogen) atoms. The number of hydrogen-bond donors (Lipinski definition) is 1. The first-order valence-electron chi connectivity index (χ1n) is 6.31. The van der Waals surface area contributed by atoms with Crippen LogP contribution in [0.5, 0.6) is 0 Å². The molecule has 2 rings (SSSR count). The lowest BCUT2D eigenvalue weighted by molar-refractivity contribution is 0.124. The molecule has 2 atom stereocenters. The standard InChI is InChI=1S/C12H24N2/c1-2-10-6-8-14(9-7-10)12-5-3-4-11(12)13/h10-12H,2-9,13H2,1H3. The van der Waals surface area contributed by atoms with Gasteiger partial charge >= 0.3 is 0 Å². The Kier molecular flexibility index (Phi) is 3.45. The van der Waals surface area contributed by atoms with Gasteiger partial charge in [-0.15, -0.1) is 0 Å². The molecule has 1 aliphatic heterocycles. The summed E-state index contributed by atoms with van der Waals surface area (Å²) in [7, 11) is 0.